The first-order chi connectivity index (χ1) is 30.7. The maximum atomic E-state index is 16.8. The topological polar surface area (TPSA) is 160 Å². The van der Waals surface area contributed by atoms with Crippen LogP contribution in [0.1, 0.15) is 113 Å². The predicted octanol–water partition coefficient (Wildman–Crippen LogP) is 10.3. The number of nitrogens with one attached hydrogen (secondary N) is 3. The van der Waals surface area contributed by atoms with Gasteiger partial charge < -0.3 is 34.4 Å². The molecule has 2 aromatic carbocycles. The van der Waals surface area contributed by atoms with Crippen molar-refractivity contribution in [2.45, 2.75) is 110 Å². The lowest BCUT2D eigenvalue weighted by Crippen LogP contribution is -2.51. The molecule has 16 heteroatoms. The Morgan fingerprint density at radius 2 is 1.77 bits per heavy atom. The molecule has 1 saturated heterocycles. The van der Waals surface area contributed by atoms with Gasteiger partial charge in [0.2, 0.25) is 12.1 Å². The fraction of sp³-hybridized carbons (Fsp3) is 0.438. The molecule has 6 aromatic rings. The van der Waals surface area contributed by atoms with Gasteiger partial charge in [-0.05, 0) is 107 Å². The number of H-pyrrole nitrogens is 2. The Balaban J connectivity index is 1.03. The van der Waals surface area contributed by atoms with Crippen LogP contribution in [0.25, 0.3) is 44.7 Å². The molecule has 2 fully saturated rings. The predicted molar refractivity (Wildman–Crippen MR) is 242 cm³/mol. The van der Waals surface area contributed by atoms with Gasteiger partial charge in [-0.25, -0.2) is 23.9 Å². The maximum absolute atomic E-state index is 16.8. The number of hydrogen-bond acceptors (Lipinski definition) is 9. The summed E-state index contributed by atoms with van der Waals surface area (Å²) in [7, 11) is 1.27. The summed E-state index contributed by atoms with van der Waals surface area (Å²) in [6.07, 6.45) is 6.58. The molecule has 14 nitrogen and oxygen atoms in total. The van der Waals surface area contributed by atoms with E-state index in [1.807, 2.05) is 65.8 Å². The van der Waals surface area contributed by atoms with E-state index in [1.165, 1.54) is 30.9 Å². The van der Waals surface area contributed by atoms with Gasteiger partial charge in [0.25, 0.3) is 0 Å². The standard InChI is InChI=1S/C48H55FN8O6S/c1-8-17-55(44(58)42(26(2)3)54-46(59)61-7)25-40-50-23-33(52-40)29-20-31(49)41-36-21-30-19-28(32-24-51-43(53-32)35-10-9-18-56(35)47(60)63-48(4,5)6)13-14-34(30)57(36)45(62-37(41)22-29)39-16-15-38(64-39)27-11-12-27/h13-16,19-24,26-27,35,42,45H,8-12,17-18,25H2,1-7H3,(H,50,52)(H,51,53)(H,54,59). The normalized spacial score (nSPS) is 17.5. The van der Waals surface area contributed by atoms with E-state index < -0.39 is 29.8 Å². The molecular weight excluding hydrogens is 836 g/mol. The zero-order valence-corrected chi connectivity index (χ0v) is 38.1. The van der Waals surface area contributed by atoms with Crippen LogP contribution < -0.4 is 10.1 Å². The molecule has 3 atom stereocenters. The van der Waals surface area contributed by atoms with Crippen LogP contribution in [0.5, 0.6) is 5.75 Å². The van der Waals surface area contributed by atoms with Crippen LogP contribution in [0.3, 0.4) is 0 Å². The summed E-state index contributed by atoms with van der Waals surface area (Å²) in [5.41, 5.74) is 4.21. The molecule has 3 N–H and O–H groups in total. The van der Waals surface area contributed by atoms with Crippen molar-refractivity contribution in [1.29, 1.82) is 0 Å². The second-order valence-electron chi connectivity index (χ2n) is 18.4. The number of hydrogen-bond donors (Lipinski definition) is 3. The number of methoxy groups -OCH3 is 1. The van der Waals surface area contributed by atoms with Gasteiger partial charge in [0, 0.05) is 34.5 Å². The summed E-state index contributed by atoms with van der Waals surface area (Å²) in [5.74, 6) is 1.34. The van der Waals surface area contributed by atoms with Crippen molar-refractivity contribution in [2.75, 3.05) is 20.2 Å². The van der Waals surface area contributed by atoms with Crippen LogP contribution in [-0.2, 0) is 20.8 Å². The number of nitrogens with zero attached hydrogens (tertiary/aromatic N) is 5. The first kappa shape index (κ1) is 43.1. The summed E-state index contributed by atoms with van der Waals surface area (Å²) in [4.78, 5) is 60.8. The summed E-state index contributed by atoms with van der Waals surface area (Å²) in [6.45, 7) is 12.5. The van der Waals surface area contributed by atoms with Crippen molar-refractivity contribution in [2.24, 2.45) is 5.92 Å². The molecule has 4 aromatic heterocycles. The van der Waals surface area contributed by atoms with E-state index in [2.05, 4.69) is 43.0 Å². The van der Waals surface area contributed by atoms with Gasteiger partial charge in [-0.15, -0.1) is 11.3 Å². The van der Waals surface area contributed by atoms with Crippen molar-refractivity contribution in [3.05, 3.63) is 88.1 Å². The lowest BCUT2D eigenvalue weighted by atomic mass is 10.0. The Kier molecular flexibility index (Phi) is 11.5. The van der Waals surface area contributed by atoms with Gasteiger partial charge in [0.1, 0.15) is 34.9 Å². The number of halogens is 1. The van der Waals surface area contributed by atoms with Crippen LogP contribution in [-0.4, -0.2) is 84.2 Å². The highest BCUT2D eigenvalue weighted by Crippen LogP contribution is 2.50. The monoisotopic (exact) mass is 890 g/mol. The second kappa shape index (κ2) is 17.1. The highest BCUT2D eigenvalue weighted by molar-refractivity contribution is 7.12. The Hall–Kier alpha value is -6.16. The highest BCUT2D eigenvalue weighted by Gasteiger charge is 2.37. The van der Waals surface area contributed by atoms with Crippen LogP contribution >= 0.6 is 11.3 Å². The molecule has 6 heterocycles. The number of fused-ring (bicyclic) bond motifs is 5. The minimum atomic E-state index is -0.780. The summed E-state index contributed by atoms with van der Waals surface area (Å²) >= 11 is 1.74. The average molecular weight is 891 g/mol. The molecular formula is C48H55FN8O6S. The van der Waals surface area contributed by atoms with Crippen LogP contribution in [0.2, 0.25) is 0 Å². The molecule has 1 saturated carbocycles. The number of aromatic amines is 2. The van der Waals surface area contributed by atoms with Gasteiger partial charge in [-0.1, -0.05) is 26.8 Å². The van der Waals surface area contributed by atoms with E-state index in [0.29, 0.717) is 65.3 Å². The number of carbonyl (C=O) groups excluding carboxylic acids is 3. The Morgan fingerprint density at radius 1 is 1.00 bits per heavy atom. The minimum Gasteiger partial charge on any atom is -0.464 e. The van der Waals surface area contributed by atoms with E-state index in [-0.39, 0.29) is 30.5 Å². The molecule has 336 valence electrons. The minimum absolute atomic E-state index is 0.166. The number of alkyl carbamates (subject to hydrolysis) is 1. The molecule has 0 spiro atoms. The third-order valence-electron chi connectivity index (χ3n) is 12.1. The summed E-state index contributed by atoms with van der Waals surface area (Å²) in [5, 5.41) is 3.58. The number of likely N-dealkylation sites (tertiary alicyclic amines) is 1. The number of amides is 3. The first-order valence-electron chi connectivity index (χ1n) is 22.2. The van der Waals surface area contributed by atoms with Gasteiger partial charge in [0.15, 0.2) is 0 Å². The molecule has 9 rings (SSSR count). The number of thiophene rings is 1. The van der Waals surface area contributed by atoms with Crippen molar-refractivity contribution < 1.29 is 33.0 Å². The van der Waals surface area contributed by atoms with Crippen molar-refractivity contribution in [3.63, 3.8) is 0 Å². The fourth-order valence-corrected chi connectivity index (χ4v) is 10.0. The van der Waals surface area contributed by atoms with Crippen LogP contribution in [0, 0.1) is 11.7 Å². The molecule has 64 heavy (non-hydrogen) atoms. The molecule has 0 radical (unpaired) electrons. The van der Waals surface area contributed by atoms with E-state index in [0.717, 1.165) is 39.9 Å². The van der Waals surface area contributed by atoms with Crippen LogP contribution in [0.15, 0.2) is 60.9 Å². The Morgan fingerprint density at radius 3 is 2.50 bits per heavy atom. The molecule has 0 bridgehead atoms. The number of rotatable bonds is 12. The SMILES string of the molecule is CCCN(Cc1ncc(-c2cc(F)c3c(c2)OC(c2ccc(C4CC4)s2)n2c-3cc3cc(-c4cnc(C5CCCN5C(=O)OC(C)(C)C)[nH]4)ccc32)[nH]1)C(=O)C(NC(=O)OC)C(C)C. The number of imidazole rings is 2. The molecule has 3 aliphatic rings. The van der Waals surface area contributed by atoms with Crippen molar-refractivity contribution in [1.82, 2.24) is 39.6 Å². The molecule has 1 aliphatic carbocycles. The van der Waals surface area contributed by atoms with Crippen molar-refractivity contribution in [3.8, 4) is 39.5 Å². The van der Waals surface area contributed by atoms with Gasteiger partial charge in [-0.2, -0.15) is 0 Å². The summed E-state index contributed by atoms with van der Waals surface area (Å²) in [6, 6.07) is 14.9. The zero-order valence-electron chi connectivity index (χ0n) is 37.3. The lowest BCUT2D eigenvalue weighted by Gasteiger charge is -2.30. The quantitative estimate of drug-likeness (QED) is 0.109. The third-order valence-corrected chi connectivity index (χ3v) is 13.4. The average Bonchev–Trinajstić information content (AvgIpc) is 3.83. The van der Waals surface area contributed by atoms with Gasteiger partial charge >= 0.3 is 12.2 Å². The fourth-order valence-electron chi connectivity index (χ4n) is 8.82. The van der Waals surface area contributed by atoms with Crippen LogP contribution in [0.4, 0.5) is 14.0 Å². The number of ether oxygens (including phenoxy) is 3. The number of carbonyl (C=O) groups is 3. The smallest absolute Gasteiger partial charge is 0.410 e. The van der Waals surface area contributed by atoms with E-state index >= 15 is 4.39 Å². The van der Waals surface area contributed by atoms with Gasteiger partial charge in [0.05, 0.1) is 65.1 Å². The lowest BCUT2D eigenvalue weighted by molar-refractivity contribution is -0.135. The van der Waals surface area contributed by atoms with Gasteiger partial charge in [-0.3, -0.25) is 14.3 Å². The summed E-state index contributed by atoms with van der Waals surface area (Å²) < 4.78 is 36.2. The Bertz CT molecular complexity index is 2720. The Labute approximate surface area is 375 Å². The number of aromatic nitrogens is 5. The largest absolute Gasteiger partial charge is 0.464 e. The van der Waals surface area contributed by atoms with E-state index in [4.69, 9.17) is 19.2 Å². The maximum Gasteiger partial charge on any atom is 0.410 e. The molecule has 3 amide bonds. The molecule has 3 unspecified atom stereocenters. The highest BCUT2D eigenvalue weighted by atomic mass is 32.1. The molecule has 2 aliphatic heterocycles. The first-order valence-corrected chi connectivity index (χ1v) is 23.0. The van der Waals surface area contributed by atoms with E-state index in [9.17, 15) is 14.4 Å². The zero-order chi connectivity index (χ0) is 45.0. The third kappa shape index (κ3) is 8.47. The second-order valence-corrected chi connectivity index (χ2v) is 19.5. The number of benzene rings is 2. The van der Waals surface area contributed by atoms with E-state index in [1.54, 1.807) is 33.5 Å². The van der Waals surface area contributed by atoms with Crippen molar-refractivity contribution >= 4 is 40.3 Å².